The van der Waals surface area contributed by atoms with Crippen molar-refractivity contribution in [3.63, 3.8) is 0 Å². The van der Waals surface area contributed by atoms with Crippen LogP contribution in [0.4, 0.5) is 0 Å². The van der Waals surface area contributed by atoms with Crippen LogP contribution < -0.4 is 0 Å². The molecule has 1 aliphatic heterocycles. The first-order valence-electron chi connectivity index (χ1n) is 3.03. The van der Waals surface area contributed by atoms with E-state index < -0.39 is 0 Å². The molecule has 0 saturated carbocycles. The minimum atomic E-state index is -0.231. The summed E-state index contributed by atoms with van der Waals surface area (Å²) >= 11 is 0. The molecule has 2 nitrogen and oxygen atoms in total. The monoisotopic (exact) mass is 116 g/mol. The second kappa shape index (κ2) is 2.03. The molecule has 0 aromatic rings. The summed E-state index contributed by atoms with van der Waals surface area (Å²) < 4.78 is 5.22. The van der Waals surface area contributed by atoms with Crippen LogP contribution in [-0.4, -0.2) is 23.4 Å². The Kier molecular flexibility index (Phi) is 1.54. The fourth-order valence-electron chi connectivity index (χ4n) is 1.04. The Balaban J connectivity index is 2.39. The zero-order chi connectivity index (χ0) is 6.15. The van der Waals surface area contributed by atoms with Gasteiger partial charge in [-0.25, -0.2) is 0 Å². The summed E-state index contributed by atoms with van der Waals surface area (Å²) in [5, 5.41) is 9.04. The SMILES string of the molecule is CC1C[C@@H](O)C(C)O1. The van der Waals surface area contributed by atoms with Crippen molar-refractivity contribution in [1.82, 2.24) is 0 Å². The molecule has 0 bridgehead atoms. The van der Waals surface area contributed by atoms with Crippen LogP contribution in [0.5, 0.6) is 0 Å². The van der Waals surface area contributed by atoms with Crippen molar-refractivity contribution >= 4 is 0 Å². The molecule has 0 aromatic heterocycles. The molecule has 0 aromatic carbocycles. The van der Waals surface area contributed by atoms with Crippen LogP contribution in [-0.2, 0) is 4.74 Å². The lowest BCUT2D eigenvalue weighted by atomic mass is 10.2. The van der Waals surface area contributed by atoms with Gasteiger partial charge in [-0.3, -0.25) is 0 Å². The highest BCUT2D eigenvalue weighted by molar-refractivity contribution is 4.75. The molecule has 1 rings (SSSR count). The van der Waals surface area contributed by atoms with Gasteiger partial charge in [0.1, 0.15) is 0 Å². The van der Waals surface area contributed by atoms with E-state index in [2.05, 4.69) is 0 Å². The minimum Gasteiger partial charge on any atom is -0.390 e. The summed E-state index contributed by atoms with van der Waals surface area (Å²) in [6.45, 7) is 3.88. The molecule has 48 valence electrons. The lowest BCUT2D eigenvalue weighted by molar-refractivity contribution is 0.0287. The molecule has 8 heavy (non-hydrogen) atoms. The van der Waals surface area contributed by atoms with Gasteiger partial charge in [-0.1, -0.05) is 0 Å². The molecular weight excluding hydrogens is 104 g/mol. The summed E-state index contributed by atoms with van der Waals surface area (Å²) in [6.07, 6.45) is 0.858. The number of ether oxygens (including phenoxy) is 1. The summed E-state index contributed by atoms with van der Waals surface area (Å²) in [5.74, 6) is 0. The van der Waals surface area contributed by atoms with E-state index in [1.165, 1.54) is 0 Å². The molecule has 1 saturated heterocycles. The number of aliphatic hydroxyl groups excluding tert-OH is 1. The first kappa shape index (κ1) is 6.05. The van der Waals surface area contributed by atoms with Crippen LogP contribution in [0, 0.1) is 0 Å². The van der Waals surface area contributed by atoms with Gasteiger partial charge in [0, 0.05) is 6.42 Å². The molecule has 0 aliphatic carbocycles. The van der Waals surface area contributed by atoms with Gasteiger partial charge in [0.25, 0.3) is 0 Å². The van der Waals surface area contributed by atoms with Crippen LogP contribution in [0.25, 0.3) is 0 Å². The number of rotatable bonds is 0. The summed E-state index contributed by atoms with van der Waals surface area (Å²) in [5.41, 5.74) is 0. The molecule has 1 fully saturated rings. The van der Waals surface area contributed by atoms with Crippen molar-refractivity contribution < 1.29 is 9.84 Å². The number of hydrogen-bond donors (Lipinski definition) is 1. The van der Waals surface area contributed by atoms with E-state index in [4.69, 9.17) is 9.84 Å². The maximum Gasteiger partial charge on any atom is 0.0823 e. The normalized spacial score (nSPS) is 47.6. The molecule has 0 radical (unpaired) electrons. The van der Waals surface area contributed by atoms with E-state index in [9.17, 15) is 0 Å². The fourth-order valence-corrected chi connectivity index (χ4v) is 1.04. The first-order chi connectivity index (χ1) is 3.70. The summed E-state index contributed by atoms with van der Waals surface area (Å²) in [7, 11) is 0. The summed E-state index contributed by atoms with van der Waals surface area (Å²) in [6, 6.07) is 0. The van der Waals surface area contributed by atoms with Crippen molar-refractivity contribution in [1.29, 1.82) is 0 Å². The maximum absolute atomic E-state index is 9.04. The van der Waals surface area contributed by atoms with E-state index in [0.717, 1.165) is 6.42 Å². The average molecular weight is 116 g/mol. The molecule has 2 heteroatoms. The van der Waals surface area contributed by atoms with Gasteiger partial charge >= 0.3 is 0 Å². The lowest BCUT2D eigenvalue weighted by Crippen LogP contribution is -2.15. The predicted octanol–water partition coefficient (Wildman–Crippen LogP) is 0.545. The topological polar surface area (TPSA) is 29.5 Å². The molecule has 3 atom stereocenters. The zero-order valence-electron chi connectivity index (χ0n) is 5.29. The van der Waals surface area contributed by atoms with Gasteiger partial charge in [-0.2, -0.15) is 0 Å². The van der Waals surface area contributed by atoms with Crippen LogP contribution in [0.1, 0.15) is 20.3 Å². The van der Waals surface area contributed by atoms with Crippen molar-refractivity contribution in [2.75, 3.05) is 0 Å². The van der Waals surface area contributed by atoms with Gasteiger partial charge < -0.3 is 9.84 Å². The molecule has 1 N–H and O–H groups in total. The van der Waals surface area contributed by atoms with Crippen molar-refractivity contribution in [3.8, 4) is 0 Å². The quantitative estimate of drug-likeness (QED) is 0.500. The Labute approximate surface area is 49.5 Å². The third kappa shape index (κ3) is 1.01. The van der Waals surface area contributed by atoms with Gasteiger partial charge in [-0.15, -0.1) is 0 Å². The Morgan fingerprint density at radius 3 is 2.25 bits per heavy atom. The smallest absolute Gasteiger partial charge is 0.0823 e. The third-order valence-electron chi connectivity index (χ3n) is 1.56. The van der Waals surface area contributed by atoms with E-state index in [-0.39, 0.29) is 18.3 Å². The van der Waals surface area contributed by atoms with Crippen molar-refractivity contribution in [3.05, 3.63) is 0 Å². The highest BCUT2D eigenvalue weighted by Gasteiger charge is 2.26. The maximum atomic E-state index is 9.04. The molecular formula is C6H12O2. The van der Waals surface area contributed by atoms with Crippen LogP contribution in [0.2, 0.25) is 0 Å². The molecule has 1 aliphatic rings. The number of hydrogen-bond acceptors (Lipinski definition) is 2. The van der Waals surface area contributed by atoms with Crippen LogP contribution >= 0.6 is 0 Å². The van der Waals surface area contributed by atoms with Crippen molar-refractivity contribution in [2.45, 2.75) is 38.6 Å². The minimum absolute atomic E-state index is 0.0463. The molecule has 1 heterocycles. The second-order valence-electron chi connectivity index (χ2n) is 2.45. The standard InChI is InChI=1S/C6H12O2/c1-4-3-6(7)5(2)8-4/h4-7H,3H2,1-2H3/t4?,5?,6-/m1/s1. The third-order valence-corrected chi connectivity index (χ3v) is 1.56. The fraction of sp³-hybridized carbons (Fsp3) is 1.00. The Morgan fingerprint density at radius 2 is 2.12 bits per heavy atom. The summed E-state index contributed by atoms with van der Waals surface area (Å²) in [4.78, 5) is 0. The molecule has 2 unspecified atom stereocenters. The van der Waals surface area contributed by atoms with E-state index >= 15 is 0 Å². The lowest BCUT2D eigenvalue weighted by Gasteiger charge is -2.04. The van der Waals surface area contributed by atoms with E-state index in [0.29, 0.717) is 0 Å². The Morgan fingerprint density at radius 1 is 1.50 bits per heavy atom. The zero-order valence-corrected chi connectivity index (χ0v) is 5.29. The van der Waals surface area contributed by atoms with Gasteiger partial charge in [-0.05, 0) is 13.8 Å². The first-order valence-corrected chi connectivity index (χ1v) is 3.03. The van der Waals surface area contributed by atoms with E-state index in [1.54, 1.807) is 0 Å². The predicted molar refractivity (Wildman–Crippen MR) is 30.6 cm³/mol. The number of aliphatic hydroxyl groups is 1. The van der Waals surface area contributed by atoms with Gasteiger partial charge in [0.05, 0.1) is 18.3 Å². The van der Waals surface area contributed by atoms with Crippen LogP contribution in [0.15, 0.2) is 0 Å². The van der Waals surface area contributed by atoms with Crippen LogP contribution in [0.3, 0.4) is 0 Å². The largest absolute Gasteiger partial charge is 0.390 e. The average Bonchev–Trinajstić information content (AvgIpc) is 1.85. The van der Waals surface area contributed by atoms with Gasteiger partial charge in [0.15, 0.2) is 0 Å². The molecule has 0 amide bonds. The van der Waals surface area contributed by atoms with E-state index in [1.807, 2.05) is 13.8 Å². The Bertz CT molecular complexity index is 72.6. The molecule has 0 spiro atoms. The Hall–Kier alpha value is -0.0800. The van der Waals surface area contributed by atoms with Crippen molar-refractivity contribution in [2.24, 2.45) is 0 Å². The highest BCUT2D eigenvalue weighted by atomic mass is 16.5. The highest BCUT2D eigenvalue weighted by Crippen LogP contribution is 2.18. The van der Waals surface area contributed by atoms with Gasteiger partial charge in [0.2, 0.25) is 0 Å². The second-order valence-corrected chi connectivity index (χ2v) is 2.45.